The first kappa shape index (κ1) is 13.0. The Balaban J connectivity index is 2.42. The maximum Gasteiger partial charge on any atom is 0.0494 e. The molecule has 0 saturated carbocycles. The van der Waals surface area contributed by atoms with Crippen LogP contribution in [0.3, 0.4) is 0 Å². The Morgan fingerprint density at radius 3 is 2.39 bits per heavy atom. The van der Waals surface area contributed by atoms with Gasteiger partial charge in [0, 0.05) is 24.3 Å². The summed E-state index contributed by atoms with van der Waals surface area (Å²) in [5, 5.41) is 0. The van der Waals surface area contributed by atoms with E-state index in [9.17, 15) is 0 Å². The molecule has 2 aromatic carbocycles. The summed E-state index contributed by atoms with van der Waals surface area (Å²) >= 11 is 6.04. The van der Waals surface area contributed by atoms with E-state index in [1.165, 1.54) is 28.1 Å². The summed E-state index contributed by atoms with van der Waals surface area (Å²) in [4.78, 5) is 2.18. The smallest absolute Gasteiger partial charge is 0.0494 e. The minimum Gasteiger partial charge on any atom is -0.344 e. The van der Waals surface area contributed by atoms with Crippen molar-refractivity contribution in [2.75, 3.05) is 11.9 Å². The predicted octanol–water partition coefficient (Wildman–Crippen LogP) is 4.81. The second kappa shape index (κ2) is 5.45. The third-order valence-corrected chi connectivity index (χ3v) is 3.42. The van der Waals surface area contributed by atoms with Crippen LogP contribution < -0.4 is 4.90 Å². The lowest BCUT2D eigenvalue weighted by molar-refractivity contribution is 1.16. The summed E-state index contributed by atoms with van der Waals surface area (Å²) in [5.41, 5.74) is 6.03. The van der Waals surface area contributed by atoms with Crippen LogP contribution >= 0.6 is 11.6 Å². The zero-order valence-corrected chi connectivity index (χ0v) is 11.8. The van der Waals surface area contributed by atoms with Crippen LogP contribution in [0.25, 0.3) is 0 Å². The van der Waals surface area contributed by atoms with Crippen molar-refractivity contribution in [3.8, 4) is 0 Å². The fourth-order valence-corrected chi connectivity index (χ4v) is 2.34. The number of hydrogen-bond donors (Lipinski definition) is 0. The highest BCUT2D eigenvalue weighted by atomic mass is 35.5. The molecular weight excluding hydrogens is 242 g/mol. The standard InChI is InChI=1S/C16H18ClN/c1-12-5-4-6-15(10-12)18(3)16-8-7-13(2)9-14(16)11-17/h4-10H,11H2,1-3H3. The number of benzene rings is 2. The van der Waals surface area contributed by atoms with Gasteiger partial charge >= 0.3 is 0 Å². The van der Waals surface area contributed by atoms with Crippen molar-refractivity contribution in [1.29, 1.82) is 0 Å². The third-order valence-electron chi connectivity index (χ3n) is 3.13. The molecule has 2 aromatic rings. The van der Waals surface area contributed by atoms with Gasteiger partial charge in [-0.15, -0.1) is 11.6 Å². The molecule has 2 heteroatoms. The maximum atomic E-state index is 6.04. The Morgan fingerprint density at radius 2 is 1.72 bits per heavy atom. The van der Waals surface area contributed by atoms with Crippen LogP contribution in [0.4, 0.5) is 11.4 Å². The van der Waals surface area contributed by atoms with Gasteiger partial charge in [0.05, 0.1) is 0 Å². The van der Waals surface area contributed by atoms with Crippen LogP contribution in [0.1, 0.15) is 16.7 Å². The van der Waals surface area contributed by atoms with Crippen molar-refractivity contribution < 1.29 is 0 Å². The number of alkyl halides is 1. The third kappa shape index (κ3) is 2.68. The molecule has 0 aromatic heterocycles. The molecule has 0 bridgehead atoms. The highest BCUT2D eigenvalue weighted by molar-refractivity contribution is 6.17. The first-order chi connectivity index (χ1) is 8.61. The quantitative estimate of drug-likeness (QED) is 0.715. The minimum absolute atomic E-state index is 0.535. The van der Waals surface area contributed by atoms with Crippen molar-refractivity contribution in [3.05, 3.63) is 59.2 Å². The van der Waals surface area contributed by atoms with Crippen molar-refractivity contribution in [2.45, 2.75) is 19.7 Å². The van der Waals surface area contributed by atoms with Crippen LogP contribution in [0.5, 0.6) is 0 Å². The summed E-state index contributed by atoms with van der Waals surface area (Å²) in [5.74, 6) is 0.535. The zero-order chi connectivity index (χ0) is 13.1. The van der Waals surface area contributed by atoms with Crippen LogP contribution in [-0.2, 0) is 5.88 Å². The number of anilines is 2. The van der Waals surface area contributed by atoms with E-state index in [2.05, 4.69) is 68.3 Å². The average molecular weight is 260 g/mol. The van der Waals surface area contributed by atoms with E-state index in [-0.39, 0.29) is 0 Å². The van der Waals surface area contributed by atoms with Crippen molar-refractivity contribution >= 4 is 23.0 Å². The second-order valence-corrected chi connectivity index (χ2v) is 4.93. The Hall–Kier alpha value is -1.47. The number of rotatable bonds is 3. The average Bonchev–Trinajstić information content (AvgIpc) is 2.37. The lowest BCUT2D eigenvalue weighted by atomic mass is 10.1. The van der Waals surface area contributed by atoms with Gasteiger partial charge in [-0.1, -0.05) is 29.8 Å². The molecule has 0 aliphatic rings. The summed E-state index contributed by atoms with van der Waals surface area (Å²) < 4.78 is 0. The van der Waals surface area contributed by atoms with Gasteiger partial charge in [-0.3, -0.25) is 0 Å². The molecule has 0 radical (unpaired) electrons. The molecule has 0 spiro atoms. The molecule has 2 rings (SSSR count). The lowest BCUT2D eigenvalue weighted by Crippen LogP contribution is -2.11. The Kier molecular flexibility index (Phi) is 3.93. The molecule has 18 heavy (non-hydrogen) atoms. The van der Waals surface area contributed by atoms with Crippen molar-refractivity contribution in [3.63, 3.8) is 0 Å². The van der Waals surface area contributed by atoms with Gasteiger partial charge in [-0.2, -0.15) is 0 Å². The van der Waals surface area contributed by atoms with E-state index in [1.807, 2.05) is 0 Å². The molecule has 1 nitrogen and oxygen atoms in total. The molecule has 0 aliphatic heterocycles. The fraction of sp³-hybridized carbons (Fsp3) is 0.250. The summed E-state index contributed by atoms with van der Waals surface area (Å²) in [7, 11) is 2.08. The van der Waals surface area contributed by atoms with E-state index >= 15 is 0 Å². The van der Waals surface area contributed by atoms with E-state index < -0.39 is 0 Å². The van der Waals surface area contributed by atoms with Crippen LogP contribution in [-0.4, -0.2) is 7.05 Å². The normalized spacial score (nSPS) is 10.4. The predicted molar refractivity (Wildman–Crippen MR) is 80.0 cm³/mol. The minimum atomic E-state index is 0.535. The van der Waals surface area contributed by atoms with Gasteiger partial charge in [-0.25, -0.2) is 0 Å². The molecule has 0 N–H and O–H groups in total. The molecule has 0 unspecified atom stereocenters. The summed E-state index contributed by atoms with van der Waals surface area (Å²) in [6.07, 6.45) is 0. The van der Waals surface area contributed by atoms with Gasteiger partial charge < -0.3 is 4.90 Å². The van der Waals surface area contributed by atoms with Crippen LogP contribution in [0.2, 0.25) is 0 Å². The summed E-state index contributed by atoms with van der Waals surface area (Å²) in [6, 6.07) is 14.9. The molecule has 0 atom stereocenters. The van der Waals surface area contributed by atoms with Gasteiger partial charge in [0.2, 0.25) is 0 Å². The van der Waals surface area contributed by atoms with Crippen LogP contribution in [0, 0.1) is 13.8 Å². The van der Waals surface area contributed by atoms with Crippen molar-refractivity contribution in [2.24, 2.45) is 0 Å². The number of hydrogen-bond acceptors (Lipinski definition) is 1. The topological polar surface area (TPSA) is 3.24 Å². The van der Waals surface area contributed by atoms with Gasteiger partial charge in [0.15, 0.2) is 0 Å². The fourth-order valence-electron chi connectivity index (χ4n) is 2.12. The zero-order valence-electron chi connectivity index (χ0n) is 11.1. The Morgan fingerprint density at radius 1 is 1.00 bits per heavy atom. The van der Waals surface area contributed by atoms with E-state index in [4.69, 9.17) is 11.6 Å². The number of aryl methyl sites for hydroxylation is 2. The summed E-state index contributed by atoms with van der Waals surface area (Å²) in [6.45, 7) is 4.20. The van der Waals surface area contributed by atoms with Gasteiger partial charge in [0.1, 0.15) is 0 Å². The van der Waals surface area contributed by atoms with Crippen molar-refractivity contribution in [1.82, 2.24) is 0 Å². The lowest BCUT2D eigenvalue weighted by Gasteiger charge is -2.23. The number of halogens is 1. The second-order valence-electron chi connectivity index (χ2n) is 4.66. The highest BCUT2D eigenvalue weighted by Gasteiger charge is 2.09. The molecular formula is C16H18ClN. The molecule has 0 aliphatic carbocycles. The molecule has 0 fully saturated rings. The molecule has 0 saturated heterocycles. The molecule has 94 valence electrons. The van der Waals surface area contributed by atoms with Gasteiger partial charge in [0.25, 0.3) is 0 Å². The monoisotopic (exact) mass is 259 g/mol. The highest BCUT2D eigenvalue weighted by Crippen LogP contribution is 2.29. The molecule has 0 amide bonds. The Bertz CT molecular complexity index is 549. The Labute approximate surface area is 114 Å². The first-order valence-electron chi connectivity index (χ1n) is 6.07. The maximum absolute atomic E-state index is 6.04. The van der Waals surface area contributed by atoms with Crippen LogP contribution in [0.15, 0.2) is 42.5 Å². The van der Waals surface area contributed by atoms with E-state index in [0.29, 0.717) is 5.88 Å². The number of nitrogens with zero attached hydrogens (tertiary/aromatic N) is 1. The molecule has 0 heterocycles. The van der Waals surface area contributed by atoms with E-state index in [0.717, 1.165) is 0 Å². The van der Waals surface area contributed by atoms with Gasteiger partial charge in [-0.05, 0) is 43.2 Å². The first-order valence-corrected chi connectivity index (χ1v) is 6.61. The SMILES string of the molecule is Cc1cccc(N(C)c2ccc(C)cc2CCl)c1. The van der Waals surface area contributed by atoms with E-state index in [1.54, 1.807) is 0 Å². The largest absolute Gasteiger partial charge is 0.344 e.